The number of carbonyl (C=O) groups is 1. The first-order chi connectivity index (χ1) is 5.02. The van der Waals surface area contributed by atoms with Crippen molar-refractivity contribution < 1.29 is 4.79 Å². The van der Waals surface area contributed by atoms with E-state index in [9.17, 15) is 4.79 Å². The van der Waals surface area contributed by atoms with Crippen LogP contribution >= 0.6 is 0 Å². The zero-order valence-electron chi connectivity index (χ0n) is 6.61. The van der Waals surface area contributed by atoms with Crippen LogP contribution in [0, 0.1) is 0 Å². The maximum Gasteiger partial charge on any atom is 0.228 e. The molecule has 1 aromatic heterocycles. The Morgan fingerprint density at radius 1 is 1.64 bits per heavy atom. The van der Waals surface area contributed by atoms with E-state index < -0.39 is 5.31 Å². The molecule has 0 saturated carbocycles. The minimum Gasteiger partial charge on any atom is -0.277 e. The van der Waals surface area contributed by atoms with Crippen molar-refractivity contribution in [2.75, 3.05) is 0 Å². The predicted molar refractivity (Wildman–Crippen MR) is 42.6 cm³/mol. The van der Waals surface area contributed by atoms with Gasteiger partial charge in [0.25, 0.3) is 0 Å². The van der Waals surface area contributed by atoms with Crippen LogP contribution in [-0.4, -0.2) is 23.3 Å². The highest BCUT2D eigenvalue weighted by Gasteiger charge is 2.21. The molecule has 0 aromatic carbocycles. The minimum absolute atomic E-state index is 0.157. The Morgan fingerprint density at radius 3 is 2.64 bits per heavy atom. The third-order valence-corrected chi connectivity index (χ3v) is 1.29. The average Bonchev–Trinajstić information content (AvgIpc) is 2.34. The van der Waals surface area contributed by atoms with Crippen LogP contribution in [0.3, 0.4) is 0 Å². The van der Waals surface area contributed by atoms with Crippen molar-refractivity contribution in [2.24, 2.45) is 0 Å². The quantitative estimate of drug-likeness (QED) is 0.554. The molecule has 1 heterocycles. The molecule has 0 unspecified atom stereocenters. The molecule has 4 heteroatoms. The Morgan fingerprint density at radius 2 is 2.27 bits per heavy atom. The second kappa shape index (κ2) is 2.53. The van der Waals surface area contributed by atoms with Crippen LogP contribution in [-0.2, 0) is 0 Å². The van der Waals surface area contributed by atoms with Crippen LogP contribution in [0.25, 0.3) is 0 Å². The molecule has 0 N–H and O–H groups in total. The van der Waals surface area contributed by atoms with Gasteiger partial charge in [-0.15, -0.1) is 0 Å². The van der Waals surface area contributed by atoms with Crippen molar-refractivity contribution in [3.8, 4) is 0 Å². The van der Waals surface area contributed by atoms with Gasteiger partial charge in [-0.05, 0) is 0 Å². The summed E-state index contributed by atoms with van der Waals surface area (Å²) in [5.41, 5.74) is 0. The standard InChI is InChI=1S/C7H9BN2O/c1-7(2,8)6(11)10-4-3-9-5-10/h3-5H,1-2H3. The Balaban J connectivity index is 2.88. The molecule has 2 radical (unpaired) electrons. The third kappa shape index (κ3) is 1.70. The van der Waals surface area contributed by atoms with Crippen molar-refractivity contribution in [2.45, 2.75) is 19.2 Å². The number of hydrogen-bond acceptors (Lipinski definition) is 2. The van der Waals surface area contributed by atoms with Gasteiger partial charge >= 0.3 is 0 Å². The van der Waals surface area contributed by atoms with Gasteiger partial charge in [0.15, 0.2) is 0 Å². The molecule has 0 spiro atoms. The molecule has 0 atom stereocenters. The fourth-order valence-corrected chi connectivity index (χ4v) is 0.712. The summed E-state index contributed by atoms with van der Waals surface area (Å²) in [5, 5.41) is -0.833. The molecule has 0 aliphatic heterocycles. The van der Waals surface area contributed by atoms with E-state index in [1.807, 2.05) is 0 Å². The highest BCUT2D eigenvalue weighted by Crippen LogP contribution is 2.20. The Bertz CT molecular complexity index is 248. The molecule has 11 heavy (non-hydrogen) atoms. The number of hydrogen-bond donors (Lipinski definition) is 0. The zero-order chi connectivity index (χ0) is 8.48. The summed E-state index contributed by atoms with van der Waals surface area (Å²) in [5.74, 6) is -0.157. The highest BCUT2D eigenvalue weighted by molar-refractivity contribution is 6.27. The Hall–Kier alpha value is -1.06. The smallest absolute Gasteiger partial charge is 0.228 e. The number of nitrogens with zero attached hydrogens (tertiary/aromatic N) is 2. The van der Waals surface area contributed by atoms with Crippen molar-refractivity contribution >= 4 is 13.8 Å². The van der Waals surface area contributed by atoms with E-state index in [1.54, 1.807) is 26.2 Å². The highest BCUT2D eigenvalue weighted by atomic mass is 16.2. The molecule has 0 bridgehead atoms. The van der Waals surface area contributed by atoms with Gasteiger partial charge in [-0.25, -0.2) is 4.98 Å². The summed E-state index contributed by atoms with van der Waals surface area (Å²) >= 11 is 0. The molecule has 56 valence electrons. The first kappa shape index (κ1) is 8.05. The van der Waals surface area contributed by atoms with Gasteiger partial charge in [-0.3, -0.25) is 9.36 Å². The summed E-state index contributed by atoms with van der Waals surface area (Å²) < 4.78 is 1.38. The van der Waals surface area contributed by atoms with E-state index in [-0.39, 0.29) is 5.91 Å². The molecule has 0 saturated heterocycles. The molecule has 0 aliphatic carbocycles. The molecule has 1 rings (SSSR count). The van der Waals surface area contributed by atoms with Gasteiger partial charge in [0.05, 0.1) is 7.85 Å². The molecule has 0 aliphatic rings. The van der Waals surface area contributed by atoms with Gasteiger partial charge in [0.2, 0.25) is 5.91 Å². The lowest BCUT2D eigenvalue weighted by molar-refractivity contribution is 0.0866. The van der Waals surface area contributed by atoms with Crippen LogP contribution in [0.1, 0.15) is 18.6 Å². The van der Waals surface area contributed by atoms with Crippen molar-refractivity contribution in [3.05, 3.63) is 18.7 Å². The van der Waals surface area contributed by atoms with Gasteiger partial charge in [0, 0.05) is 17.7 Å². The summed E-state index contributed by atoms with van der Waals surface area (Å²) in [6, 6.07) is 0. The molecule has 3 nitrogen and oxygen atoms in total. The maximum atomic E-state index is 11.3. The Labute approximate surface area is 66.8 Å². The predicted octanol–water partition coefficient (Wildman–Crippen LogP) is 0.890. The first-order valence-electron chi connectivity index (χ1n) is 3.33. The summed E-state index contributed by atoms with van der Waals surface area (Å²) in [4.78, 5) is 15.1. The van der Waals surface area contributed by atoms with E-state index in [4.69, 9.17) is 7.85 Å². The van der Waals surface area contributed by atoms with E-state index in [0.29, 0.717) is 0 Å². The van der Waals surface area contributed by atoms with Gasteiger partial charge in [-0.2, -0.15) is 0 Å². The second-order valence-corrected chi connectivity index (χ2v) is 3.00. The largest absolute Gasteiger partial charge is 0.277 e. The summed E-state index contributed by atoms with van der Waals surface area (Å²) in [7, 11) is 5.57. The summed E-state index contributed by atoms with van der Waals surface area (Å²) in [6.45, 7) is 3.32. The van der Waals surface area contributed by atoms with Crippen LogP contribution in [0.15, 0.2) is 18.7 Å². The lowest BCUT2D eigenvalue weighted by atomic mass is 9.72. The number of carbonyl (C=O) groups excluding carboxylic acids is 1. The van der Waals surface area contributed by atoms with E-state index >= 15 is 0 Å². The fraction of sp³-hybridized carbons (Fsp3) is 0.429. The van der Waals surface area contributed by atoms with Crippen LogP contribution in [0.5, 0.6) is 0 Å². The van der Waals surface area contributed by atoms with Crippen LogP contribution < -0.4 is 0 Å². The number of rotatable bonds is 1. The lowest BCUT2D eigenvalue weighted by Gasteiger charge is -2.16. The molecule has 0 fully saturated rings. The Kier molecular flexibility index (Phi) is 1.85. The first-order valence-corrected chi connectivity index (χ1v) is 3.33. The average molecular weight is 148 g/mol. The normalized spacial score (nSPS) is 11.5. The van der Waals surface area contributed by atoms with E-state index in [2.05, 4.69) is 4.98 Å². The second-order valence-electron chi connectivity index (χ2n) is 3.00. The number of imidazole rings is 1. The molecule has 0 amide bonds. The fourth-order valence-electron chi connectivity index (χ4n) is 0.712. The van der Waals surface area contributed by atoms with Crippen molar-refractivity contribution in [1.29, 1.82) is 0 Å². The molecular weight excluding hydrogens is 139 g/mol. The molecular formula is C7H9BN2O. The molecule has 1 aromatic rings. The topological polar surface area (TPSA) is 34.9 Å². The zero-order valence-corrected chi connectivity index (χ0v) is 6.61. The monoisotopic (exact) mass is 148 g/mol. The van der Waals surface area contributed by atoms with Crippen molar-refractivity contribution in [3.63, 3.8) is 0 Å². The van der Waals surface area contributed by atoms with Gasteiger partial charge in [0.1, 0.15) is 6.33 Å². The van der Waals surface area contributed by atoms with E-state index in [1.165, 1.54) is 10.9 Å². The summed E-state index contributed by atoms with van der Waals surface area (Å²) in [6.07, 6.45) is 4.57. The SMILES string of the molecule is [B]C(C)(C)C(=O)n1ccnc1. The van der Waals surface area contributed by atoms with Crippen molar-refractivity contribution in [1.82, 2.24) is 9.55 Å². The minimum atomic E-state index is -0.833. The van der Waals surface area contributed by atoms with Gasteiger partial charge < -0.3 is 0 Å². The van der Waals surface area contributed by atoms with E-state index in [0.717, 1.165) is 0 Å². The van der Waals surface area contributed by atoms with Crippen LogP contribution in [0.4, 0.5) is 0 Å². The van der Waals surface area contributed by atoms with Gasteiger partial charge in [-0.1, -0.05) is 13.8 Å². The lowest BCUT2D eigenvalue weighted by Crippen LogP contribution is -2.22. The number of aromatic nitrogens is 2. The third-order valence-electron chi connectivity index (χ3n) is 1.29. The van der Waals surface area contributed by atoms with Crippen LogP contribution in [0.2, 0.25) is 5.31 Å². The maximum absolute atomic E-state index is 11.3.